The minimum absolute atomic E-state index is 0.0133. The monoisotopic (exact) mass is 250 g/mol. The normalized spacial score (nSPS) is 10.7. The summed E-state index contributed by atoms with van der Waals surface area (Å²) in [6, 6.07) is 2.97. The molecular weight excluding hydrogens is 228 g/mol. The Labute approximate surface area is 108 Å². The van der Waals surface area contributed by atoms with Gasteiger partial charge in [-0.25, -0.2) is 0 Å². The third-order valence-corrected chi connectivity index (χ3v) is 3.33. The number of nitrogens with one attached hydrogen (secondary N) is 1. The van der Waals surface area contributed by atoms with Crippen LogP contribution in [0.5, 0.6) is 0 Å². The van der Waals surface area contributed by atoms with Crippen molar-refractivity contribution in [1.29, 1.82) is 0 Å². The summed E-state index contributed by atoms with van der Waals surface area (Å²) >= 11 is 0. The Kier molecular flexibility index (Phi) is 5.62. The number of hydrogen-bond acceptors (Lipinski definition) is 2. The van der Waals surface area contributed by atoms with Gasteiger partial charge >= 0.3 is 0 Å². The van der Waals surface area contributed by atoms with E-state index < -0.39 is 0 Å². The second kappa shape index (κ2) is 6.99. The van der Waals surface area contributed by atoms with Crippen LogP contribution in [0, 0.1) is 5.92 Å². The average molecular weight is 250 g/mol. The maximum atomic E-state index is 12.3. The number of carbonyl (C=O) groups is 1. The van der Waals surface area contributed by atoms with Gasteiger partial charge in [-0.15, -0.1) is 0 Å². The highest BCUT2D eigenvalue weighted by Gasteiger charge is 2.17. The van der Waals surface area contributed by atoms with Gasteiger partial charge in [0.25, 0.3) is 5.91 Å². The topological polar surface area (TPSA) is 53.2 Å². The molecule has 0 bridgehead atoms. The smallest absolute Gasteiger partial charge is 0.255 e. The van der Waals surface area contributed by atoms with Gasteiger partial charge in [-0.2, -0.15) is 0 Å². The van der Waals surface area contributed by atoms with Gasteiger partial charge in [-0.1, -0.05) is 26.7 Å². The predicted molar refractivity (Wildman–Crippen MR) is 72.7 cm³/mol. The SMILES string of the molecule is CCC(CC)CN(CC)C(=O)c1ccc(=O)[nH]c1. The predicted octanol–water partition coefficient (Wildman–Crippen LogP) is 2.27. The zero-order chi connectivity index (χ0) is 13.5. The molecule has 0 aromatic carbocycles. The van der Waals surface area contributed by atoms with Crippen molar-refractivity contribution in [3.8, 4) is 0 Å². The molecule has 4 nitrogen and oxygen atoms in total. The lowest BCUT2D eigenvalue weighted by Gasteiger charge is -2.25. The van der Waals surface area contributed by atoms with E-state index in [0.717, 1.165) is 19.4 Å². The Morgan fingerprint density at radius 3 is 2.39 bits per heavy atom. The fourth-order valence-corrected chi connectivity index (χ4v) is 1.94. The Morgan fingerprint density at radius 2 is 1.94 bits per heavy atom. The molecular formula is C14H22N2O2. The van der Waals surface area contributed by atoms with Crippen LogP contribution in [0.4, 0.5) is 0 Å². The lowest BCUT2D eigenvalue weighted by atomic mass is 10.0. The number of pyridine rings is 1. The first-order chi connectivity index (χ1) is 8.62. The van der Waals surface area contributed by atoms with Gasteiger partial charge in [0.05, 0.1) is 5.56 Å². The molecule has 100 valence electrons. The van der Waals surface area contributed by atoms with Crippen molar-refractivity contribution >= 4 is 5.91 Å². The van der Waals surface area contributed by atoms with Gasteiger partial charge in [0.15, 0.2) is 0 Å². The first-order valence-corrected chi connectivity index (χ1v) is 6.60. The molecule has 0 aliphatic rings. The zero-order valence-corrected chi connectivity index (χ0v) is 11.4. The highest BCUT2D eigenvalue weighted by atomic mass is 16.2. The molecule has 1 heterocycles. The maximum Gasteiger partial charge on any atom is 0.255 e. The lowest BCUT2D eigenvalue weighted by molar-refractivity contribution is 0.0734. The van der Waals surface area contributed by atoms with Crippen LogP contribution < -0.4 is 5.56 Å². The van der Waals surface area contributed by atoms with Crippen LogP contribution in [-0.4, -0.2) is 28.9 Å². The van der Waals surface area contributed by atoms with Gasteiger partial charge in [0.2, 0.25) is 5.56 Å². The zero-order valence-electron chi connectivity index (χ0n) is 11.4. The highest BCUT2D eigenvalue weighted by molar-refractivity contribution is 5.93. The molecule has 0 atom stereocenters. The molecule has 4 heteroatoms. The molecule has 1 amide bonds. The molecule has 0 unspecified atom stereocenters. The van der Waals surface area contributed by atoms with E-state index in [4.69, 9.17) is 0 Å². The Hall–Kier alpha value is -1.58. The van der Waals surface area contributed by atoms with Crippen LogP contribution in [0.3, 0.4) is 0 Å². The molecule has 0 saturated heterocycles. The van der Waals surface area contributed by atoms with Crippen LogP contribution in [0.2, 0.25) is 0 Å². The minimum Gasteiger partial charge on any atom is -0.339 e. The van der Waals surface area contributed by atoms with Gasteiger partial charge in [0, 0.05) is 25.4 Å². The Balaban J connectivity index is 2.78. The molecule has 0 spiro atoms. The Bertz CT molecular complexity index is 415. The van der Waals surface area contributed by atoms with Crippen molar-refractivity contribution in [2.24, 2.45) is 5.92 Å². The van der Waals surface area contributed by atoms with Crippen molar-refractivity contribution in [3.05, 3.63) is 34.2 Å². The number of nitrogens with zero attached hydrogens (tertiary/aromatic N) is 1. The van der Waals surface area contributed by atoms with E-state index in [1.807, 2.05) is 11.8 Å². The van der Waals surface area contributed by atoms with E-state index in [2.05, 4.69) is 18.8 Å². The number of H-pyrrole nitrogens is 1. The second-order valence-electron chi connectivity index (χ2n) is 4.47. The molecule has 0 radical (unpaired) electrons. The van der Waals surface area contributed by atoms with Crippen molar-refractivity contribution < 1.29 is 4.79 Å². The van der Waals surface area contributed by atoms with Crippen molar-refractivity contribution in [3.63, 3.8) is 0 Å². The van der Waals surface area contributed by atoms with E-state index >= 15 is 0 Å². The third kappa shape index (κ3) is 3.72. The van der Waals surface area contributed by atoms with Crippen LogP contribution in [0.25, 0.3) is 0 Å². The first kappa shape index (κ1) is 14.5. The fraction of sp³-hybridized carbons (Fsp3) is 0.571. The van der Waals surface area contributed by atoms with E-state index in [1.165, 1.54) is 12.3 Å². The molecule has 0 aliphatic heterocycles. The molecule has 0 saturated carbocycles. The van der Waals surface area contributed by atoms with E-state index in [9.17, 15) is 9.59 Å². The standard InChI is InChI=1S/C14H22N2O2/c1-4-11(5-2)10-16(6-3)14(18)12-7-8-13(17)15-9-12/h7-9,11H,4-6,10H2,1-3H3,(H,15,17). The first-order valence-electron chi connectivity index (χ1n) is 6.60. The second-order valence-corrected chi connectivity index (χ2v) is 4.47. The van der Waals surface area contributed by atoms with E-state index in [-0.39, 0.29) is 11.5 Å². The van der Waals surface area contributed by atoms with E-state index in [1.54, 1.807) is 6.07 Å². The number of aromatic amines is 1. The summed E-state index contributed by atoms with van der Waals surface area (Å²) in [5, 5.41) is 0. The van der Waals surface area contributed by atoms with Crippen LogP contribution >= 0.6 is 0 Å². The number of carbonyl (C=O) groups excluding carboxylic acids is 1. The molecule has 1 N–H and O–H groups in total. The van der Waals surface area contributed by atoms with Gasteiger partial charge < -0.3 is 9.88 Å². The van der Waals surface area contributed by atoms with Crippen molar-refractivity contribution in [2.75, 3.05) is 13.1 Å². The van der Waals surface area contributed by atoms with Gasteiger partial charge in [0.1, 0.15) is 0 Å². The molecule has 0 fully saturated rings. The summed E-state index contributed by atoms with van der Waals surface area (Å²) in [4.78, 5) is 27.6. The highest BCUT2D eigenvalue weighted by Crippen LogP contribution is 2.12. The molecule has 1 aromatic rings. The van der Waals surface area contributed by atoms with Crippen molar-refractivity contribution in [1.82, 2.24) is 9.88 Å². The minimum atomic E-state index is -0.186. The fourth-order valence-electron chi connectivity index (χ4n) is 1.94. The maximum absolute atomic E-state index is 12.3. The lowest BCUT2D eigenvalue weighted by Crippen LogP contribution is -2.35. The molecule has 0 aliphatic carbocycles. The molecule has 1 aromatic heterocycles. The number of rotatable bonds is 6. The number of aromatic nitrogens is 1. The summed E-state index contributed by atoms with van der Waals surface area (Å²) < 4.78 is 0. The van der Waals surface area contributed by atoms with Crippen LogP contribution in [0.15, 0.2) is 23.1 Å². The summed E-state index contributed by atoms with van der Waals surface area (Å²) in [5.74, 6) is 0.525. The third-order valence-electron chi connectivity index (χ3n) is 3.33. The number of hydrogen-bond donors (Lipinski definition) is 1. The Morgan fingerprint density at radius 1 is 1.28 bits per heavy atom. The summed E-state index contributed by atoms with van der Waals surface area (Å²) in [5.41, 5.74) is 0.358. The quantitative estimate of drug-likeness (QED) is 0.842. The summed E-state index contributed by atoms with van der Waals surface area (Å²) in [6.07, 6.45) is 3.64. The van der Waals surface area contributed by atoms with Crippen LogP contribution in [0.1, 0.15) is 44.0 Å². The van der Waals surface area contributed by atoms with Gasteiger partial charge in [-0.3, -0.25) is 9.59 Å². The summed E-state index contributed by atoms with van der Waals surface area (Å²) in [6.45, 7) is 7.74. The molecule has 18 heavy (non-hydrogen) atoms. The van der Waals surface area contributed by atoms with E-state index in [0.29, 0.717) is 18.0 Å². The van der Waals surface area contributed by atoms with Crippen molar-refractivity contribution in [2.45, 2.75) is 33.6 Å². The summed E-state index contributed by atoms with van der Waals surface area (Å²) in [7, 11) is 0. The molecule has 1 rings (SSSR count). The van der Waals surface area contributed by atoms with Gasteiger partial charge in [-0.05, 0) is 18.9 Å². The largest absolute Gasteiger partial charge is 0.339 e. The average Bonchev–Trinajstić information content (AvgIpc) is 2.40. The number of amides is 1. The van der Waals surface area contributed by atoms with Crippen LogP contribution in [-0.2, 0) is 0 Å².